The summed E-state index contributed by atoms with van der Waals surface area (Å²) in [6, 6.07) is 0. The summed E-state index contributed by atoms with van der Waals surface area (Å²) in [6.45, 7) is 2.96. The van der Waals surface area contributed by atoms with Crippen molar-refractivity contribution in [3.63, 3.8) is 0 Å². The minimum absolute atomic E-state index is 0.278. The van der Waals surface area contributed by atoms with Crippen molar-refractivity contribution >= 4 is 22.6 Å². The molecule has 5 atom stereocenters. The zero-order chi connectivity index (χ0) is 15.6. The zero-order valence-electron chi connectivity index (χ0n) is 11.4. The molecule has 2 aliphatic heterocycles. The summed E-state index contributed by atoms with van der Waals surface area (Å²) < 4.78 is 38.2. The highest BCUT2D eigenvalue weighted by atomic mass is 32.2. The summed E-state index contributed by atoms with van der Waals surface area (Å²) in [4.78, 5) is 22.6. The first-order valence-electron chi connectivity index (χ1n) is 6.39. The third-order valence-electron chi connectivity index (χ3n) is 3.60. The molecule has 0 aromatic carbocycles. The molecule has 2 rings (SSSR count). The number of carbonyl (C=O) groups is 2. The molecule has 5 unspecified atom stereocenters. The second kappa shape index (κ2) is 6.54. The van der Waals surface area contributed by atoms with Crippen LogP contribution in [0.25, 0.3) is 0 Å². The van der Waals surface area contributed by atoms with Crippen LogP contribution in [0.5, 0.6) is 0 Å². The molecular formula is C12H17NO7S. The van der Waals surface area contributed by atoms with Gasteiger partial charge in [0, 0.05) is 7.11 Å². The molecule has 1 N–H and O–H groups in total. The van der Waals surface area contributed by atoms with Crippen LogP contribution >= 0.6 is 0 Å². The molecule has 2 fully saturated rings. The number of hydrogen-bond acceptors (Lipinski definition) is 7. The average Bonchev–Trinajstić information content (AvgIpc) is 3.02. The summed E-state index contributed by atoms with van der Waals surface area (Å²) in [6.07, 6.45) is -1.10. The van der Waals surface area contributed by atoms with Crippen LogP contribution in [0.15, 0.2) is 12.7 Å². The zero-order valence-corrected chi connectivity index (χ0v) is 12.3. The predicted octanol–water partition coefficient (Wildman–Crippen LogP) is -1.63. The minimum atomic E-state index is -2.62. The number of thiol groups is 1. The Morgan fingerprint density at radius 1 is 1.43 bits per heavy atom. The first-order chi connectivity index (χ1) is 9.97. The molecule has 9 heteroatoms. The number of ether oxygens (including phenoxy) is 3. The van der Waals surface area contributed by atoms with E-state index >= 15 is 0 Å². The first kappa shape index (κ1) is 15.9. The van der Waals surface area contributed by atoms with Crippen LogP contribution < -0.4 is 5.32 Å². The van der Waals surface area contributed by atoms with Crippen molar-refractivity contribution in [2.75, 3.05) is 13.7 Å². The maximum Gasteiger partial charge on any atom is 0.325 e. The monoisotopic (exact) mass is 319 g/mol. The minimum Gasteiger partial charge on any atom is -0.455 e. The summed E-state index contributed by atoms with van der Waals surface area (Å²) >= 11 is 0. The molecule has 0 radical (unpaired) electrons. The summed E-state index contributed by atoms with van der Waals surface area (Å²) in [5.74, 6) is -1.13. The van der Waals surface area contributed by atoms with Crippen LogP contribution in [0.4, 0.5) is 0 Å². The number of esters is 1. The van der Waals surface area contributed by atoms with E-state index in [9.17, 15) is 18.0 Å². The highest BCUT2D eigenvalue weighted by molar-refractivity contribution is 7.73. The molecule has 21 heavy (non-hydrogen) atoms. The molecule has 0 aromatic rings. The molecule has 118 valence electrons. The molecule has 1 amide bonds. The van der Waals surface area contributed by atoms with E-state index in [4.69, 9.17) is 14.2 Å². The van der Waals surface area contributed by atoms with Gasteiger partial charge in [0.2, 0.25) is 5.91 Å². The van der Waals surface area contributed by atoms with Gasteiger partial charge in [0.15, 0.2) is 6.10 Å². The van der Waals surface area contributed by atoms with E-state index in [1.54, 1.807) is 0 Å². The number of fused-ring (bicyclic) bond motifs is 2. The fraction of sp³-hybridized carbons (Fsp3) is 0.667. The summed E-state index contributed by atoms with van der Waals surface area (Å²) in [7, 11) is -1.21. The third-order valence-corrected chi connectivity index (χ3v) is 4.65. The smallest absolute Gasteiger partial charge is 0.325 e. The number of amides is 1. The molecule has 0 aromatic heterocycles. The topological polar surface area (TPSA) is 108 Å². The maximum absolute atomic E-state index is 11.7. The third kappa shape index (κ3) is 3.25. The first-order valence-corrected chi connectivity index (χ1v) is 7.64. The van der Waals surface area contributed by atoms with E-state index < -0.39 is 52.2 Å². The molecule has 2 aliphatic rings. The van der Waals surface area contributed by atoms with Crippen molar-refractivity contribution < 1.29 is 32.2 Å². The maximum atomic E-state index is 11.7. The number of hydrogen-bond donors (Lipinski definition) is 2. The number of methoxy groups -OCH3 is 1. The Morgan fingerprint density at radius 2 is 2.14 bits per heavy atom. The van der Waals surface area contributed by atoms with Crippen LogP contribution in [0.3, 0.4) is 0 Å². The molecule has 2 saturated heterocycles. The van der Waals surface area contributed by atoms with Gasteiger partial charge < -0.3 is 19.5 Å². The van der Waals surface area contributed by atoms with E-state index in [-0.39, 0.29) is 13.0 Å². The molecular weight excluding hydrogens is 302 g/mol. The van der Waals surface area contributed by atoms with Crippen molar-refractivity contribution in [3.05, 3.63) is 12.7 Å². The lowest BCUT2D eigenvalue weighted by Crippen LogP contribution is -2.48. The quantitative estimate of drug-likeness (QED) is 0.344. The Bertz CT molecular complexity index is 510. The van der Waals surface area contributed by atoms with Gasteiger partial charge in [-0.15, -0.1) is 0 Å². The standard InChI is InChI=1S/C12H17NO7S/c1-3-8(14)13-5-9(15)20-10-6-4-7(21(16)17)11(19-6)12(10)18-2/h3,6-7,10-12,21H,1,4-5H2,2H3,(H,13,14). The Kier molecular flexibility index (Phi) is 4.96. The normalized spacial score (nSPS) is 33.9. The highest BCUT2D eigenvalue weighted by Crippen LogP contribution is 2.39. The SMILES string of the molecule is C=CC(=O)NCC(=O)OC1C2CC([SH](=O)=O)C(O2)C1OC. The largest absolute Gasteiger partial charge is 0.455 e. The van der Waals surface area contributed by atoms with E-state index in [0.29, 0.717) is 0 Å². The Morgan fingerprint density at radius 3 is 2.71 bits per heavy atom. The lowest BCUT2D eigenvalue weighted by molar-refractivity contribution is -0.156. The molecule has 8 nitrogen and oxygen atoms in total. The van der Waals surface area contributed by atoms with Gasteiger partial charge in [-0.3, -0.25) is 9.59 Å². The van der Waals surface area contributed by atoms with Crippen molar-refractivity contribution in [3.8, 4) is 0 Å². The van der Waals surface area contributed by atoms with Gasteiger partial charge in [-0.2, -0.15) is 0 Å². The van der Waals surface area contributed by atoms with Crippen LogP contribution in [0, 0.1) is 0 Å². The van der Waals surface area contributed by atoms with Crippen molar-refractivity contribution in [2.24, 2.45) is 0 Å². The molecule has 0 aliphatic carbocycles. The molecule has 0 spiro atoms. The van der Waals surface area contributed by atoms with Crippen molar-refractivity contribution in [2.45, 2.75) is 36.1 Å². The summed E-state index contributed by atoms with van der Waals surface area (Å²) in [5, 5.41) is 1.68. The highest BCUT2D eigenvalue weighted by Gasteiger charge is 2.57. The lowest BCUT2D eigenvalue weighted by Gasteiger charge is -2.29. The van der Waals surface area contributed by atoms with Gasteiger partial charge in [0.1, 0.15) is 29.5 Å². The molecule has 2 heterocycles. The Labute approximate surface area is 123 Å². The van der Waals surface area contributed by atoms with Gasteiger partial charge in [0.25, 0.3) is 0 Å². The fourth-order valence-corrected chi connectivity index (χ4v) is 3.53. The number of rotatable bonds is 6. The van der Waals surface area contributed by atoms with Crippen LogP contribution in [-0.4, -0.2) is 63.6 Å². The van der Waals surface area contributed by atoms with Gasteiger partial charge in [-0.05, 0) is 12.5 Å². The lowest BCUT2D eigenvalue weighted by atomic mass is 9.94. The summed E-state index contributed by atoms with van der Waals surface area (Å²) in [5.41, 5.74) is 0. The van der Waals surface area contributed by atoms with Crippen molar-refractivity contribution in [1.82, 2.24) is 5.32 Å². The van der Waals surface area contributed by atoms with Crippen molar-refractivity contribution in [1.29, 1.82) is 0 Å². The Hall–Kier alpha value is -1.45. The second-order valence-electron chi connectivity index (χ2n) is 4.80. The van der Waals surface area contributed by atoms with Gasteiger partial charge in [-0.25, -0.2) is 8.42 Å². The fourth-order valence-electron chi connectivity index (χ4n) is 2.67. The van der Waals surface area contributed by atoms with E-state index in [0.717, 1.165) is 6.08 Å². The van der Waals surface area contributed by atoms with Gasteiger partial charge in [0.05, 0.1) is 11.4 Å². The second-order valence-corrected chi connectivity index (χ2v) is 6.04. The predicted molar refractivity (Wildman–Crippen MR) is 71.3 cm³/mol. The number of nitrogens with one attached hydrogen (secondary N) is 1. The van der Waals surface area contributed by atoms with Crippen LogP contribution in [-0.2, 0) is 34.5 Å². The molecule has 0 saturated carbocycles. The number of carbonyl (C=O) groups excluding carboxylic acids is 2. The van der Waals surface area contributed by atoms with E-state index in [2.05, 4.69) is 11.9 Å². The van der Waals surface area contributed by atoms with E-state index in [1.807, 2.05) is 0 Å². The van der Waals surface area contributed by atoms with Gasteiger partial charge >= 0.3 is 5.97 Å². The van der Waals surface area contributed by atoms with Gasteiger partial charge in [-0.1, -0.05) is 6.58 Å². The average molecular weight is 319 g/mol. The molecule has 2 bridgehead atoms. The Balaban J connectivity index is 1.94. The van der Waals surface area contributed by atoms with Crippen LogP contribution in [0.1, 0.15) is 6.42 Å². The van der Waals surface area contributed by atoms with Crippen LogP contribution in [0.2, 0.25) is 0 Å². The van der Waals surface area contributed by atoms with E-state index in [1.165, 1.54) is 7.11 Å².